The SMILES string of the molecule is CCO[Si](C(C)C)(C(C)C)C(C)C.[H-].[Li+]. The van der Waals surface area contributed by atoms with Crippen LogP contribution in [0.2, 0.25) is 16.6 Å². The van der Waals surface area contributed by atoms with E-state index < -0.39 is 8.32 Å². The van der Waals surface area contributed by atoms with Crippen LogP contribution in [0.1, 0.15) is 49.9 Å². The second-order valence-electron chi connectivity index (χ2n) is 4.75. The van der Waals surface area contributed by atoms with Crippen molar-refractivity contribution in [2.45, 2.75) is 65.1 Å². The van der Waals surface area contributed by atoms with Crippen LogP contribution in [0.15, 0.2) is 0 Å². The van der Waals surface area contributed by atoms with E-state index in [9.17, 15) is 0 Å². The van der Waals surface area contributed by atoms with Crippen molar-refractivity contribution >= 4 is 8.32 Å². The Balaban J connectivity index is -0.000000720. The average molecular weight is 210 g/mol. The molecule has 0 heterocycles. The normalized spacial score (nSPS) is 12.4. The third kappa shape index (κ3) is 3.41. The van der Waals surface area contributed by atoms with Crippen molar-refractivity contribution < 1.29 is 24.7 Å². The van der Waals surface area contributed by atoms with Gasteiger partial charge in [0, 0.05) is 6.61 Å². The topological polar surface area (TPSA) is 9.23 Å². The van der Waals surface area contributed by atoms with Gasteiger partial charge in [-0.05, 0) is 23.5 Å². The molecule has 0 unspecified atom stereocenters. The van der Waals surface area contributed by atoms with Gasteiger partial charge in [-0.25, -0.2) is 0 Å². The van der Waals surface area contributed by atoms with Gasteiger partial charge >= 0.3 is 18.9 Å². The molecule has 0 rings (SSSR count). The van der Waals surface area contributed by atoms with E-state index in [0.29, 0.717) is 16.6 Å². The first-order valence-electron chi connectivity index (χ1n) is 5.53. The van der Waals surface area contributed by atoms with Gasteiger partial charge in [-0.15, -0.1) is 0 Å². The summed E-state index contributed by atoms with van der Waals surface area (Å²) in [6.07, 6.45) is 0. The zero-order chi connectivity index (χ0) is 10.6. The van der Waals surface area contributed by atoms with Gasteiger partial charge in [-0.2, -0.15) is 0 Å². The van der Waals surface area contributed by atoms with E-state index in [1.807, 2.05) is 0 Å². The van der Waals surface area contributed by atoms with Crippen molar-refractivity contribution in [3.63, 3.8) is 0 Å². The van der Waals surface area contributed by atoms with Crippen LogP contribution in [0.4, 0.5) is 0 Å². The maximum atomic E-state index is 6.15. The molecule has 0 N–H and O–H groups in total. The summed E-state index contributed by atoms with van der Waals surface area (Å²) in [6.45, 7) is 16.9. The smallest absolute Gasteiger partial charge is 1.00 e. The van der Waals surface area contributed by atoms with Crippen LogP contribution in [-0.2, 0) is 4.43 Å². The molecule has 0 fully saturated rings. The summed E-state index contributed by atoms with van der Waals surface area (Å²) in [7, 11) is -1.53. The summed E-state index contributed by atoms with van der Waals surface area (Å²) < 4.78 is 6.15. The summed E-state index contributed by atoms with van der Waals surface area (Å²) in [5.41, 5.74) is 2.15. The number of hydrogen-bond donors (Lipinski definition) is 0. The molecular weight excluding hydrogens is 183 g/mol. The molecule has 0 saturated heterocycles. The van der Waals surface area contributed by atoms with Crippen LogP contribution in [0, 0.1) is 0 Å². The Bertz CT molecular complexity index is 130. The Hall–Kier alpha value is 0.774. The monoisotopic (exact) mass is 210 g/mol. The molecular formula is C11H27LiOSi. The molecule has 0 aliphatic carbocycles. The van der Waals surface area contributed by atoms with E-state index >= 15 is 0 Å². The van der Waals surface area contributed by atoms with Gasteiger partial charge in [0.05, 0.1) is 0 Å². The predicted octanol–water partition coefficient (Wildman–Crippen LogP) is 1.31. The van der Waals surface area contributed by atoms with Crippen LogP contribution in [-0.4, -0.2) is 14.9 Å². The summed E-state index contributed by atoms with van der Waals surface area (Å²) in [5, 5.41) is 0. The van der Waals surface area contributed by atoms with E-state index in [1.165, 1.54) is 0 Å². The Labute approximate surface area is 105 Å². The molecule has 0 aromatic carbocycles. The molecule has 0 amide bonds. The second-order valence-corrected chi connectivity index (χ2v) is 10.2. The van der Waals surface area contributed by atoms with Gasteiger partial charge in [0.15, 0.2) is 8.32 Å². The van der Waals surface area contributed by atoms with E-state index in [0.717, 1.165) is 6.61 Å². The zero-order valence-electron chi connectivity index (χ0n) is 12.3. The average Bonchev–Trinajstić information content (AvgIpc) is 1.97. The first kappa shape index (κ1) is 17.2. The second kappa shape index (κ2) is 7.11. The Kier molecular flexibility index (Phi) is 8.73. The van der Waals surface area contributed by atoms with Gasteiger partial charge in [-0.3, -0.25) is 0 Å². The largest absolute Gasteiger partial charge is 1.00 e. The molecule has 1 nitrogen and oxygen atoms in total. The van der Waals surface area contributed by atoms with Crippen molar-refractivity contribution in [3.05, 3.63) is 0 Å². The van der Waals surface area contributed by atoms with Crippen LogP contribution in [0.25, 0.3) is 0 Å². The molecule has 0 bridgehead atoms. The van der Waals surface area contributed by atoms with Crippen LogP contribution in [0.5, 0.6) is 0 Å². The summed E-state index contributed by atoms with van der Waals surface area (Å²) in [5.74, 6) is 0. The van der Waals surface area contributed by atoms with E-state index in [4.69, 9.17) is 4.43 Å². The van der Waals surface area contributed by atoms with Crippen molar-refractivity contribution in [2.24, 2.45) is 0 Å². The van der Waals surface area contributed by atoms with Crippen LogP contribution < -0.4 is 18.9 Å². The minimum absolute atomic E-state index is 0. The zero-order valence-corrected chi connectivity index (χ0v) is 12.3. The van der Waals surface area contributed by atoms with Crippen molar-refractivity contribution in [1.29, 1.82) is 0 Å². The molecule has 0 aromatic heterocycles. The molecule has 0 radical (unpaired) electrons. The van der Waals surface area contributed by atoms with E-state index in [2.05, 4.69) is 48.5 Å². The Morgan fingerprint density at radius 2 is 1.21 bits per heavy atom. The predicted molar refractivity (Wildman–Crippen MR) is 63.8 cm³/mol. The molecule has 82 valence electrons. The molecule has 0 aliphatic rings. The third-order valence-electron chi connectivity index (χ3n) is 3.10. The van der Waals surface area contributed by atoms with Crippen molar-refractivity contribution in [3.8, 4) is 0 Å². The van der Waals surface area contributed by atoms with Crippen LogP contribution in [0.3, 0.4) is 0 Å². The molecule has 0 aliphatic heterocycles. The Morgan fingerprint density at radius 3 is 1.29 bits per heavy atom. The molecule has 0 aromatic rings. The quantitative estimate of drug-likeness (QED) is 0.622. The summed E-state index contributed by atoms with van der Waals surface area (Å²) in [6, 6.07) is 0. The summed E-state index contributed by atoms with van der Waals surface area (Å²) >= 11 is 0. The standard InChI is InChI=1S/C11H26OSi.Li.H/c1-8-12-13(9(2)3,10(4)5)11(6)7;;/h9-11H,8H2,1-7H3;;/q;+1;-1. The first-order valence-corrected chi connectivity index (χ1v) is 7.67. The number of rotatable bonds is 5. The maximum absolute atomic E-state index is 6.15. The van der Waals surface area contributed by atoms with Gasteiger partial charge in [0.2, 0.25) is 0 Å². The molecule has 3 heteroatoms. The first-order chi connectivity index (χ1) is 5.89. The molecule has 0 spiro atoms. The molecule has 14 heavy (non-hydrogen) atoms. The third-order valence-corrected chi connectivity index (χ3v) is 9.30. The van der Waals surface area contributed by atoms with Gasteiger partial charge < -0.3 is 5.85 Å². The molecule has 0 saturated carbocycles. The minimum atomic E-state index is -1.53. The van der Waals surface area contributed by atoms with Crippen LogP contribution >= 0.6 is 0 Å². The van der Waals surface area contributed by atoms with Gasteiger partial charge in [-0.1, -0.05) is 41.5 Å². The van der Waals surface area contributed by atoms with Gasteiger partial charge in [0.25, 0.3) is 0 Å². The van der Waals surface area contributed by atoms with Gasteiger partial charge in [0.1, 0.15) is 0 Å². The minimum Gasteiger partial charge on any atom is -1.00 e. The Morgan fingerprint density at radius 1 is 0.929 bits per heavy atom. The fraction of sp³-hybridized carbons (Fsp3) is 1.00. The van der Waals surface area contributed by atoms with Crippen molar-refractivity contribution in [1.82, 2.24) is 0 Å². The fourth-order valence-corrected chi connectivity index (χ4v) is 8.25. The molecule has 0 atom stereocenters. The number of hydrogen-bond acceptors (Lipinski definition) is 1. The van der Waals surface area contributed by atoms with Crippen molar-refractivity contribution in [2.75, 3.05) is 6.61 Å². The van der Waals surface area contributed by atoms with E-state index in [-0.39, 0.29) is 20.3 Å². The summed E-state index contributed by atoms with van der Waals surface area (Å²) in [4.78, 5) is 0. The van der Waals surface area contributed by atoms with E-state index in [1.54, 1.807) is 0 Å². The fourth-order valence-electron chi connectivity index (χ4n) is 2.75. The maximum Gasteiger partial charge on any atom is 1.00 e.